The lowest BCUT2D eigenvalue weighted by atomic mass is 9.99. The molecule has 0 unspecified atom stereocenters. The molecule has 1 aromatic heterocycles. The summed E-state index contributed by atoms with van der Waals surface area (Å²) in [6.45, 7) is 3.01. The van der Waals surface area contributed by atoms with Crippen LogP contribution in [0.5, 0.6) is 0 Å². The Morgan fingerprint density at radius 1 is 1.30 bits per heavy atom. The van der Waals surface area contributed by atoms with Gasteiger partial charge in [-0.2, -0.15) is 0 Å². The van der Waals surface area contributed by atoms with E-state index in [9.17, 15) is 0 Å². The van der Waals surface area contributed by atoms with E-state index >= 15 is 0 Å². The van der Waals surface area contributed by atoms with Gasteiger partial charge in [0.2, 0.25) is 0 Å². The Balaban J connectivity index is 1.40. The monoisotopic (exact) mass is 268 g/mol. The fourth-order valence-corrected chi connectivity index (χ4v) is 2.62. The number of aryl methyl sites for hydroxylation is 1. The van der Waals surface area contributed by atoms with Gasteiger partial charge in [-0.25, -0.2) is 0 Å². The molecule has 0 saturated heterocycles. The van der Waals surface area contributed by atoms with Gasteiger partial charge in [-0.1, -0.05) is 42.5 Å². The number of aromatic nitrogens is 3. The van der Waals surface area contributed by atoms with Crippen LogP contribution in [0, 0.1) is 5.92 Å². The van der Waals surface area contributed by atoms with Gasteiger partial charge >= 0.3 is 0 Å². The molecule has 2 heterocycles. The largest absolute Gasteiger partial charge is 0.317 e. The molecule has 1 aliphatic rings. The Morgan fingerprint density at radius 3 is 3.10 bits per heavy atom. The maximum atomic E-state index is 4.12. The summed E-state index contributed by atoms with van der Waals surface area (Å²) in [6.07, 6.45) is 8.44. The van der Waals surface area contributed by atoms with Crippen molar-refractivity contribution in [3.8, 4) is 0 Å². The lowest BCUT2D eigenvalue weighted by molar-refractivity contribution is 0.352. The van der Waals surface area contributed by atoms with Crippen LogP contribution in [0.4, 0.5) is 0 Å². The zero-order valence-corrected chi connectivity index (χ0v) is 11.6. The molecule has 0 fully saturated rings. The highest BCUT2D eigenvalue weighted by Crippen LogP contribution is 2.16. The zero-order valence-electron chi connectivity index (χ0n) is 11.6. The van der Waals surface area contributed by atoms with E-state index in [0.29, 0.717) is 5.92 Å². The zero-order chi connectivity index (χ0) is 13.6. The van der Waals surface area contributed by atoms with Gasteiger partial charge in [0.25, 0.3) is 0 Å². The second-order valence-electron chi connectivity index (χ2n) is 5.28. The van der Waals surface area contributed by atoms with Crippen LogP contribution >= 0.6 is 0 Å². The summed E-state index contributed by atoms with van der Waals surface area (Å²) in [7, 11) is 0. The van der Waals surface area contributed by atoms with Gasteiger partial charge < -0.3 is 9.88 Å². The molecule has 4 heteroatoms. The van der Waals surface area contributed by atoms with E-state index in [2.05, 4.69) is 56.5 Å². The molecule has 0 amide bonds. The van der Waals surface area contributed by atoms with E-state index in [-0.39, 0.29) is 0 Å². The van der Waals surface area contributed by atoms with Crippen molar-refractivity contribution in [2.45, 2.75) is 19.4 Å². The minimum atomic E-state index is 0.684. The van der Waals surface area contributed by atoms with Crippen LogP contribution < -0.4 is 5.32 Å². The molecule has 0 bridgehead atoms. The second-order valence-corrected chi connectivity index (χ2v) is 5.28. The van der Waals surface area contributed by atoms with Crippen molar-refractivity contribution in [1.82, 2.24) is 20.1 Å². The molecule has 1 N–H and O–H groups in total. The van der Waals surface area contributed by atoms with E-state index < -0.39 is 0 Å². The highest BCUT2D eigenvalue weighted by atomic mass is 15.3. The average Bonchev–Trinajstić information content (AvgIpc) is 2.95. The SMILES string of the molecule is C(=C\c1ccccc1)/CNC[C@@H]1CCc2nncn2C1. The second kappa shape index (κ2) is 6.48. The third kappa shape index (κ3) is 3.33. The fourth-order valence-electron chi connectivity index (χ4n) is 2.62. The normalized spacial score (nSPS) is 18.3. The molecule has 0 aliphatic carbocycles. The lowest BCUT2D eigenvalue weighted by Crippen LogP contribution is -2.30. The molecule has 1 aromatic carbocycles. The standard InChI is InChI=1S/C16H20N4/c1-2-5-14(6-3-1)7-4-10-17-11-15-8-9-16-19-18-13-20(16)12-15/h1-7,13,15,17H,8-12H2/b7-4+/t15-/m0/s1. The van der Waals surface area contributed by atoms with E-state index in [4.69, 9.17) is 0 Å². The maximum absolute atomic E-state index is 4.12. The van der Waals surface area contributed by atoms with Crippen molar-refractivity contribution < 1.29 is 0 Å². The summed E-state index contributed by atoms with van der Waals surface area (Å²) < 4.78 is 2.18. The van der Waals surface area contributed by atoms with Gasteiger partial charge in [-0.3, -0.25) is 0 Å². The summed E-state index contributed by atoms with van der Waals surface area (Å²) in [5.41, 5.74) is 1.25. The molecule has 3 rings (SSSR count). The molecule has 0 spiro atoms. The predicted octanol–water partition coefficient (Wildman–Crippen LogP) is 2.14. The van der Waals surface area contributed by atoms with Crippen molar-refractivity contribution in [3.05, 3.63) is 54.1 Å². The van der Waals surface area contributed by atoms with Crippen molar-refractivity contribution in [2.24, 2.45) is 5.92 Å². The van der Waals surface area contributed by atoms with Crippen molar-refractivity contribution >= 4 is 6.08 Å². The van der Waals surface area contributed by atoms with Crippen LogP contribution in [0.15, 0.2) is 42.7 Å². The molecule has 1 aliphatic heterocycles. The van der Waals surface area contributed by atoms with Gasteiger partial charge in [0.15, 0.2) is 0 Å². The van der Waals surface area contributed by atoms with Gasteiger partial charge in [0.1, 0.15) is 12.2 Å². The number of hydrogen-bond acceptors (Lipinski definition) is 3. The van der Waals surface area contributed by atoms with E-state index in [1.807, 2.05) is 12.4 Å². The highest BCUT2D eigenvalue weighted by Gasteiger charge is 2.18. The molecule has 104 valence electrons. The number of hydrogen-bond donors (Lipinski definition) is 1. The quantitative estimate of drug-likeness (QED) is 0.845. The average molecular weight is 268 g/mol. The smallest absolute Gasteiger partial charge is 0.132 e. The first-order valence-corrected chi connectivity index (χ1v) is 7.21. The van der Waals surface area contributed by atoms with Crippen LogP contribution in [0.25, 0.3) is 6.08 Å². The Morgan fingerprint density at radius 2 is 2.20 bits per heavy atom. The number of nitrogens with one attached hydrogen (secondary N) is 1. The predicted molar refractivity (Wildman–Crippen MR) is 80.2 cm³/mol. The van der Waals surface area contributed by atoms with Crippen molar-refractivity contribution in [2.75, 3.05) is 13.1 Å². The maximum Gasteiger partial charge on any atom is 0.132 e. The van der Waals surface area contributed by atoms with Crippen molar-refractivity contribution in [3.63, 3.8) is 0 Å². The molecular formula is C16H20N4. The topological polar surface area (TPSA) is 42.7 Å². The molecule has 20 heavy (non-hydrogen) atoms. The van der Waals surface area contributed by atoms with Gasteiger partial charge in [0.05, 0.1) is 0 Å². The molecule has 2 aromatic rings. The van der Waals surface area contributed by atoms with E-state index in [0.717, 1.165) is 31.9 Å². The van der Waals surface area contributed by atoms with E-state index in [1.54, 1.807) is 0 Å². The summed E-state index contributed by atoms with van der Waals surface area (Å²) >= 11 is 0. The van der Waals surface area contributed by atoms with Gasteiger partial charge in [-0.15, -0.1) is 10.2 Å². The number of rotatable bonds is 5. The number of fused-ring (bicyclic) bond motifs is 1. The molecule has 0 radical (unpaired) electrons. The van der Waals surface area contributed by atoms with E-state index in [1.165, 1.54) is 12.0 Å². The Bertz CT molecular complexity index is 559. The fraction of sp³-hybridized carbons (Fsp3) is 0.375. The summed E-state index contributed by atoms with van der Waals surface area (Å²) in [5.74, 6) is 1.81. The number of benzene rings is 1. The van der Waals surface area contributed by atoms with Crippen LogP contribution in [0.3, 0.4) is 0 Å². The van der Waals surface area contributed by atoms with Gasteiger partial charge in [0, 0.05) is 19.5 Å². The van der Waals surface area contributed by atoms with Gasteiger partial charge in [-0.05, 0) is 24.4 Å². The van der Waals surface area contributed by atoms with Crippen molar-refractivity contribution in [1.29, 1.82) is 0 Å². The molecule has 1 atom stereocenters. The summed E-state index contributed by atoms with van der Waals surface area (Å²) in [5, 5.41) is 11.6. The minimum absolute atomic E-state index is 0.684. The first kappa shape index (κ1) is 13.1. The molecule has 4 nitrogen and oxygen atoms in total. The Labute approximate surface area is 119 Å². The Hall–Kier alpha value is -1.94. The minimum Gasteiger partial charge on any atom is -0.317 e. The first-order chi connectivity index (χ1) is 9.92. The summed E-state index contributed by atoms with van der Waals surface area (Å²) in [4.78, 5) is 0. The first-order valence-electron chi connectivity index (χ1n) is 7.21. The molecule has 0 saturated carbocycles. The number of nitrogens with zero attached hydrogens (tertiary/aromatic N) is 3. The Kier molecular flexibility index (Phi) is 4.23. The third-order valence-corrected chi connectivity index (χ3v) is 3.73. The third-order valence-electron chi connectivity index (χ3n) is 3.73. The summed E-state index contributed by atoms with van der Waals surface area (Å²) in [6, 6.07) is 10.4. The van der Waals surface area contributed by atoms with Crippen LogP contribution in [0.1, 0.15) is 17.8 Å². The lowest BCUT2D eigenvalue weighted by Gasteiger charge is -2.22. The van der Waals surface area contributed by atoms with Crippen LogP contribution in [-0.4, -0.2) is 27.9 Å². The molecular weight excluding hydrogens is 248 g/mol. The van der Waals surface area contributed by atoms with Crippen LogP contribution in [0.2, 0.25) is 0 Å². The van der Waals surface area contributed by atoms with Crippen LogP contribution in [-0.2, 0) is 13.0 Å². The highest BCUT2D eigenvalue weighted by molar-refractivity contribution is 5.48.